The molecular formula is C30H31ClN6O6. The summed E-state index contributed by atoms with van der Waals surface area (Å²) in [4.78, 5) is 66.1. The number of carboxylic acid groups (broad SMARTS) is 1. The second-order valence-corrected chi connectivity index (χ2v) is 11.6. The van der Waals surface area contributed by atoms with Crippen LogP contribution in [-0.4, -0.2) is 79.6 Å². The summed E-state index contributed by atoms with van der Waals surface area (Å²) in [5.41, 5.74) is 0.593. The number of nitrogens with one attached hydrogen (secondary N) is 2. The molecule has 1 saturated heterocycles. The fourth-order valence-electron chi connectivity index (χ4n) is 5.06. The lowest BCUT2D eigenvalue weighted by Crippen LogP contribution is -2.55. The molecule has 3 heterocycles. The summed E-state index contributed by atoms with van der Waals surface area (Å²) in [6.07, 6.45) is 2.55. The molecule has 43 heavy (non-hydrogen) atoms. The van der Waals surface area contributed by atoms with Crippen LogP contribution in [0.5, 0.6) is 5.75 Å². The third-order valence-electron chi connectivity index (χ3n) is 6.87. The number of carbonyl (C=O) groups excluding carboxylic acids is 3. The molecule has 5 rings (SSSR count). The second kappa shape index (κ2) is 11.9. The average molecular weight is 607 g/mol. The van der Waals surface area contributed by atoms with Crippen LogP contribution in [0.25, 0.3) is 0 Å². The molecular weight excluding hydrogens is 576 g/mol. The maximum Gasteiger partial charge on any atom is 0.326 e. The van der Waals surface area contributed by atoms with E-state index in [4.69, 9.17) is 21.3 Å². The summed E-state index contributed by atoms with van der Waals surface area (Å²) in [5, 5.41) is 12.5. The van der Waals surface area contributed by atoms with Crippen molar-refractivity contribution in [3.05, 3.63) is 82.4 Å². The number of aromatic nitrogens is 2. The third kappa shape index (κ3) is 6.54. The van der Waals surface area contributed by atoms with Crippen LogP contribution in [0.2, 0.25) is 5.02 Å². The lowest BCUT2D eigenvalue weighted by molar-refractivity contribution is -0.136. The Kier molecular flexibility index (Phi) is 8.23. The Balaban J connectivity index is 1.69. The first-order valence-corrected chi connectivity index (χ1v) is 14.0. The second-order valence-electron chi connectivity index (χ2n) is 11.2. The van der Waals surface area contributed by atoms with E-state index in [1.807, 2.05) is 32.9 Å². The van der Waals surface area contributed by atoms with E-state index in [1.54, 1.807) is 30.6 Å². The molecule has 3 aromatic rings. The van der Waals surface area contributed by atoms with Crippen molar-refractivity contribution in [3.8, 4) is 5.75 Å². The summed E-state index contributed by atoms with van der Waals surface area (Å²) in [7, 11) is 0. The quantitative estimate of drug-likeness (QED) is 0.271. The molecule has 2 aliphatic rings. The molecule has 1 aromatic heterocycles. The van der Waals surface area contributed by atoms with Crippen molar-refractivity contribution >= 4 is 41.1 Å². The molecule has 224 valence electrons. The Bertz CT molecular complexity index is 1580. The normalized spacial score (nSPS) is 18.7. The first-order chi connectivity index (χ1) is 20.4. The number of hydrogen-bond donors (Lipinski definition) is 3. The van der Waals surface area contributed by atoms with Gasteiger partial charge in [-0.2, -0.15) is 0 Å². The lowest BCUT2D eigenvalue weighted by Gasteiger charge is -2.35. The van der Waals surface area contributed by atoms with Gasteiger partial charge < -0.3 is 25.0 Å². The topological polar surface area (TPSA) is 157 Å². The van der Waals surface area contributed by atoms with Crippen LogP contribution < -0.4 is 10.1 Å². The van der Waals surface area contributed by atoms with Gasteiger partial charge >= 0.3 is 12.0 Å². The van der Waals surface area contributed by atoms with E-state index in [0.717, 1.165) is 5.56 Å². The number of benzene rings is 2. The number of amides is 3. The number of imidazole rings is 1. The van der Waals surface area contributed by atoms with Crippen LogP contribution in [-0.2, 0) is 9.59 Å². The van der Waals surface area contributed by atoms with Gasteiger partial charge in [-0.15, -0.1) is 0 Å². The number of H-pyrrole nitrogens is 1. The SMILES string of the molecule is CC(C)(C)Oc1cc(C(=O)CC(=O)O)ccc1C1=N[C@@H](c2ccc(Cl)cc2)[C@@H](c2ncc[nH]2)N1C(=O)N1CCNC(=O)C1. The van der Waals surface area contributed by atoms with E-state index in [1.165, 1.54) is 21.9 Å². The van der Waals surface area contributed by atoms with E-state index in [-0.39, 0.29) is 29.6 Å². The molecule has 3 N–H and O–H groups in total. The van der Waals surface area contributed by atoms with Gasteiger partial charge in [0.2, 0.25) is 5.91 Å². The monoisotopic (exact) mass is 606 g/mol. The number of urea groups is 1. The van der Waals surface area contributed by atoms with Gasteiger partial charge in [0.15, 0.2) is 5.78 Å². The fourth-order valence-corrected chi connectivity index (χ4v) is 5.19. The molecule has 0 saturated carbocycles. The number of rotatable bonds is 7. The number of Topliss-reactive ketones (excluding diaryl/α,β-unsaturated/α-hetero) is 1. The van der Waals surface area contributed by atoms with Crippen LogP contribution in [0.3, 0.4) is 0 Å². The van der Waals surface area contributed by atoms with Crippen LogP contribution in [0.4, 0.5) is 4.79 Å². The molecule has 0 radical (unpaired) electrons. The van der Waals surface area contributed by atoms with E-state index < -0.39 is 41.9 Å². The zero-order valence-corrected chi connectivity index (χ0v) is 24.6. The molecule has 2 aliphatic heterocycles. The largest absolute Gasteiger partial charge is 0.487 e. The number of ether oxygens (including phenoxy) is 1. The number of halogens is 1. The molecule has 12 nitrogen and oxygen atoms in total. The maximum atomic E-state index is 14.3. The van der Waals surface area contributed by atoms with Crippen LogP contribution in [0, 0.1) is 0 Å². The summed E-state index contributed by atoms with van der Waals surface area (Å²) in [5.74, 6) is -1.16. The lowest BCUT2D eigenvalue weighted by atomic mass is 9.99. The Hall–Kier alpha value is -4.71. The van der Waals surface area contributed by atoms with Crippen molar-refractivity contribution in [3.63, 3.8) is 0 Å². The van der Waals surface area contributed by atoms with Gasteiger partial charge in [0, 0.05) is 36.1 Å². The Morgan fingerprint density at radius 1 is 1.14 bits per heavy atom. The van der Waals surface area contributed by atoms with Gasteiger partial charge in [-0.05, 0) is 50.6 Å². The highest BCUT2D eigenvalue weighted by atomic mass is 35.5. The Labute approximate surface area is 252 Å². The number of aliphatic carboxylic acids is 1. The molecule has 0 spiro atoms. The fraction of sp³-hybridized carbons (Fsp3) is 0.333. The first-order valence-electron chi connectivity index (χ1n) is 13.7. The number of ketones is 1. The number of aliphatic imine (C=N–C) groups is 1. The number of hydrogen-bond acceptors (Lipinski definition) is 7. The molecule has 2 atom stereocenters. The van der Waals surface area contributed by atoms with E-state index in [9.17, 15) is 24.3 Å². The van der Waals surface area contributed by atoms with Gasteiger partial charge in [0.1, 0.15) is 48.1 Å². The van der Waals surface area contributed by atoms with Crippen LogP contribution >= 0.6 is 11.6 Å². The molecule has 13 heteroatoms. The van der Waals surface area contributed by atoms with Gasteiger partial charge in [-0.3, -0.25) is 24.3 Å². The smallest absolute Gasteiger partial charge is 0.326 e. The van der Waals surface area contributed by atoms with Crippen molar-refractivity contribution in [2.75, 3.05) is 19.6 Å². The number of nitrogens with zero attached hydrogens (tertiary/aromatic N) is 4. The highest BCUT2D eigenvalue weighted by molar-refractivity contribution is 6.30. The number of piperazine rings is 1. The Morgan fingerprint density at radius 3 is 2.51 bits per heavy atom. The van der Waals surface area contributed by atoms with Gasteiger partial charge in [-0.1, -0.05) is 29.8 Å². The van der Waals surface area contributed by atoms with Gasteiger partial charge in [0.05, 0.1) is 5.56 Å². The minimum atomic E-state index is -1.25. The highest BCUT2D eigenvalue weighted by Crippen LogP contribution is 2.44. The standard InChI is InChI=1S/C30H31ClN6O6/c1-30(2,3)43-22-14-18(21(38)15-24(40)41)6-9-20(22)28-35-25(17-4-7-19(31)8-5-17)26(27-33-10-11-34-27)37(28)29(42)36-13-12-32-23(39)16-36/h4-11,14,25-26H,12-13,15-16H2,1-3H3,(H,32,39)(H,33,34)(H,40,41)/t25-,26-/m0/s1. The van der Waals surface area contributed by atoms with E-state index in [0.29, 0.717) is 29.5 Å². The zero-order chi connectivity index (χ0) is 30.9. The van der Waals surface area contributed by atoms with E-state index in [2.05, 4.69) is 15.3 Å². The predicted octanol–water partition coefficient (Wildman–Crippen LogP) is 3.99. The molecule has 2 aromatic carbocycles. The number of amidine groups is 1. The molecule has 0 unspecified atom stereocenters. The summed E-state index contributed by atoms with van der Waals surface area (Å²) >= 11 is 6.18. The highest BCUT2D eigenvalue weighted by Gasteiger charge is 2.46. The average Bonchev–Trinajstić information content (AvgIpc) is 3.60. The van der Waals surface area contributed by atoms with Crippen LogP contribution in [0.15, 0.2) is 59.9 Å². The summed E-state index contributed by atoms with van der Waals surface area (Å²) < 4.78 is 6.28. The minimum Gasteiger partial charge on any atom is -0.487 e. The molecule has 0 bridgehead atoms. The van der Waals surface area contributed by atoms with Crippen molar-refractivity contribution in [2.24, 2.45) is 4.99 Å². The van der Waals surface area contributed by atoms with Crippen LogP contribution in [0.1, 0.15) is 66.6 Å². The van der Waals surface area contributed by atoms with Crippen molar-refractivity contribution in [2.45, 2.75) is 44.9 Å². The van der Waals surface area contributed by atoms with Crippen molar-refractivity contribution in [1.82, 2.24) is 25.1 Å². The minimum absolute atomic E-state index is 0.132. The summed E-state index contributed by atoms with van der Waals surface area (Å²) in [6, 6.07) is 9.87. The van der Waals surface area contributed by atoms with Crippen molar-refractivity contribution in [1.29, 1.82) is 0 Å². The third-order valence-corrected chi connectivity index (χ3v) is 7.12. The van der Waals surface area contributed by atoms with E-state index >= 15 is 0 Å². The van der Waals surface area contributed by atoms with Crippen molar-refractivity contribution < 1.29 is 29.0 Å². The van der Waals surface area contributed by atoms with Gasteiger partial charge in [0.25, 0.3) is 0 Å². The Morgan fingerprint density at radius 2 is 1.88 bits per heavy atom. The zero-order valence-electron chi connectivity index (χ0n) is 23.8. The van der Waals surface area contributed by atoms with Gasteiger partial charge in [-0.25, -0.2) is 9.78 Å². The molecule has 3 amide bonds. The number of aromatic amines is 1. The number of carboxylic acids is 1. The predicted molar refractivity (Wildman–Crippen MR) is 157 cm³/mol. The summed E-state index contributed by atoms with van der Waals surface area (Å²) in [6.45, 7) is 5.95. The number of carbonyl (C=O) groups is 4. The molecule has 1 fully saturated rings. The molecule has 0 aliphatic carbocycles. The maximum absolute atomic E-state index is 14.3. The first kappa shape index (κ1) is 29.8.